The van der Waals surface area contributed by atoms with E-state index in [9.17, 15) is 4.79 Å². The zero-order valence-electron chi connectivity index (χ0n) is 6.79. The first-order chi connectivity index (χ1) is 5.74. The van der Waals surface area contributed by atoms with E-state index in [-0.39, 0.29) is 25.5 Å². The Hall–Kier alpha value is -1.05. The molecular formula is C8H13NO3. The molecule has 3 N–H and O–H groups in total. The van der Waals surface area contributed by atoms with E-state index in [1.54, 1.807) is 0 Å². The number of carbonyl (C=O) groups excluding carboxylic acids is 1. The third-order valence-corrected chi connectivity index (χ3v) is 1.30. The van der Waals surface area contributed by atoms with Crippen molar-refractivity contribution < 1.29 is 15.0 Å². The number of nitrogens with one attached hydrogen (secondary N) is 1. The van der Waals surface area contributed by atoms with Gasteiger partial charge in [0.1, 0.15) is 0 Å². The molecule has 0 heterocycles. The van der Waals surface area contributed by atoms with E-state index in [1.165, 1.54) is 0 Å². The van der Waals surface area contributed by atoms with Crippen LogP contribution in [0.5, 0.6) is 0 Å². The monoisotopic (exact) mass is 171 g/mol. The molecule has 0 aliphatic heterocycles. The summed E-state index contributed by atoms with van der Waals surface area (Å²) in [4.78, 5) is 10.9. The highest BCUT2D eigenvalue weighted by molar-refractivity contribution is 5.76. The lowest BCUT2D eigenvalue weighted by Gasteiger charge is -2.12. The van der Waals surface area contributed by atoms with Crippen LogP contribution in [-0.4, -0.2) is 35.4 Å². The van der Waals surface area contributed by atoms with Gasteiger partial charge in [-0.15, -0.1) is 12.3 Å². The molecule has 0 bridgehead atoms. The normalized spacial score (nSPS) is 9.50. The maximum absolute atomic E-state index is 10.9. The average Bonchev–Trinajstić information content (AvgIpc) is 2.10. The van der Waals surface area contributed by atoms with E-state index in [2.05, 4.69) is 11.2 Å². The van der Waals surface area contributed by atoms with Gasteiger partial charge in [-0.3, -0.25) is 4.79 Å². The molecule has 0 aliphatic rings. The number of aliphatic hydroxyl groups excluding tert-OH is 2. The molecule has 0 aromatic rings. The molecule has 1 amide bonds. The van der Waals surface area contributed by atoms with Gasteiger partial charge in [-0.05, 0) is 0 Å². The summed E-state index contributed by atoms with van der Waals surface area (Å²) < 4.78 is 0. The van der Waals surface area contributed by atoms with Crippen LogP contribution in [0.2, 0.25) is 0 Å². The number of aliphatic hydroxyl groups is 2. The van der Waals surface area contributed by atoms with Gasteiger partial charge in [0.15, 0.2) is 0 Å². The van der Waals surface area contributed by atoms with Gasteiger partial charge in [-0.25, -0.2) is 0 Å². The Morgan fingerprint density at radius 1 is 1.50 bits per heavy atom. The van der Waals surface area contributed by atoms with E-state index in [1.807, 2.05) is 0 Å². The lowest BCUT2D eigenvalue weighted by molar-refractivity contribution is -0.122. The molecule has 68 valence electrons. The van der Waals surface area contributed by atoms with Gasteiger partial charge in [0.05, 0.1) is 19.3 Å². The first-order valence-electron chi connectivity index (χ1n) is 3.69. The van der Waals surface area contributed by atoms with Crippen LogP contribution in [0, 0.1) is 12.3 Å². The Balaban J connectivity index is 3.60. The number of hydrogen-bond acceptors (Lipinski definition) is 3. The second-order valence-electron chi connectivity index (χ2n) is 2.33. The summed E-state index contributed by atoms with van der Waals surface area (Å²) in [6, 6.07) is -0.574. The summed E-state index contributed by atoms with van der Waals surface area (Å²) in [5.41, 5.74) is 0. The van der Waals surface area contributed by atoms with Crippen molar-refractivity contribution in [3.05, 3.63) is 0 Å². The summed E-state index contributed by atoms with van der Waals surface area (Å²) in [6.07, 6.45) is 5.54. The molecule has 0 saturated carbocycles. The molecule has 0 unspecified atom stereocenters. The van der Waals surface area contributed by atoms with Crippen molar-refractivity contribution >= 4 is 5.91 Å². The van der Waals surface area contributed by atoms with Gasteiger partial charge >= 0.3 is 0 Å². The topological polar surface area (TPSA) is 69.6 Å². The lowest BCUT2D eigenvalue weighted by atomic mass is 10.2. The molecular weight excluding hydrogens is 158 g/mol. The number of rotatable bonds is 5. The predicted molar refractivity (Wildman–Crippen MR) is 44.2 cm³/mol. The fraction of sp³-hybridized carbons (Fsp3) is 0.625. The maximum Gasteiger partial charge on any atom is 0.221 e. The third kappa shape index (κ3) is 4.72. The van der Waals surface area contributed by atoms with E-state index in [0.29, 0.717) is 6.42 Å². The van der Waals surface area contributed by atoms with Crippen molar-refractivity contribution in [3.8, 4) is 12.3 Å². The Bertz CT molecular complexity index is 170. The minimum absolute atomic E-state index is 0.229. The Kier molecular flexibility index (Phi) is 6.07. The van der Waals surface area contributed by atoms with Gasteiger partial charge < -0.3 is 15.5 Å². The minimum atomic E-state index is -0.574. The van der Waals surface area contributed by atoms with Crippen molar-refractivity contribution in [1.29, 1.82) is 0 Å². The van der Waals surface area contributed by atoms with E-state index >= 15 is 0 Å². The summed E-state index contributed by atoms with van der Waals surface area (Å²) in [5.74, 6) is 2.07. The van der Waals surface area contributed by atoms with Gasteiger partial charge in [-0.2, -0.15) is 0 Å². The smallest absolute Gasteiger partial charge is 0.221 e. The van der Waals surface area contributed by atoms with E-state index < -0.39 is 6.04 Å². The van der Waals surface area contributed by atoms with Crippen LogP contribution in [0.1, 0.15) is 12.8 Å². The third-order valence-electron chi connectivity index (χ3n) is 1.30. The van der Waals surface area contributed by atoms with Crippen LogP contribution in [0.15, 0.2) is 0 Å². The SMILES string of the molecule is C#CCCC(=O)NC(CO)CO. The quantitative estimate of drug-likeness (QED) is 0.458. The molecule has 0 spiro atoms. The number of terminal acetylenes is 1. The fourth-order valence-corrected chi connectivity index (χ4v) is 0.635. The van der Waals surface area contributed by atoms with Crippen molar-refractivity contribution in [1.82, 2.24) is 5.32 Å². The van der Waals surface area contributed by atoms with Crippen molar-refractivity contribution in [2.75, 3.05) is 13.2 Å². The van der Waals surface area contributed by atoms with Crippen LogP contribution in [0.3, 0.4) is 0 Å². The number of hydrogen-bond donors (Lipinski definition) is 3. The summed E-state index contributed by atoms with van der Waals surface area (Å²) in [5, 5.41) is 19.6. The van der Waals surface area contributed by atoms with Crippen molar-refractivity contribution in [3.63, 3.8) is 0 Å². The highest BCUT2D eigenvalue weighted by atomic mass is 16.3. The first kappa shape index (κ1) is 11.0. The highest BCUT2D eigenvalue weighted by Crippen LogP contribution is 1.88. The highest BCUT2D eigenvalue weighted by Gasteiger charge is 2.08. The summed E-state index contributed by atoms with van der Waals surface area (Å²) in [7, 11) is 0. The van der Waals surface area contributed by atoms with Gasteiger partial charge in [-0.1, -0.05) is 0 Å². The zero-order valence-corrected chi connectivity index (χ0v) is 6.79. The molecule has 0 saturated heterocycles. The molecule has 4 nitrogen and oxygen atoms in total. The summed E-state index contributed by atoms with van der Waals surface area (Å²) >= 11 is 0. The van der Waals surface area contributed by atoms with Crippen LogP contribution >= 0.6 is 0 Å². The Labute approximate surface area is 71.6 Å². The van der Waals surface area contributed by atoms with Crippen LogP contribution in [0.25, 0.3) is 0 Å². The molecule has 0 aliphatic carbocycles. The second-order valence-corrected chi connectivity index (χ2v) is 2.33. The maximum atomic E-state index is 10.9. The summed E-state index contributed by atoms with van der Waals surface area (Å²) in [6.45, 7) is -0.531. The standard InChI is InChI=1S/C8H13NO3/c1-2-3-4-8(12)9-7(5-10)6-11/h1,7,10-11H,3-6H2,(H,9,12). The molecule has 0 aromatic heterocycles. The molecule has 0 radical (unpaired) electrons. The largest absolute Gasteiger partial charge is 0.394 e. The van der Waals surface area contributed by atoms with E-state index in [0.717, 1.165) is 0 Å². The van der Waals surface area contributed by atoms with Crippen molar-refractivity contribution in [2.45, 2.75) is 18.9 Å². The van der Waals surface area contributed by atoms with Crippen LogP contribution < -0.4 is 5.32 Å². The number of amides is 1. The van der Waals surface area contributed by atoms with Gasteiger partial charge in [0.2, 0.25) is 5.91 Å². The fourth-order valence-electron chi connectivity index (χ4n) is 0.635. The number of carbonyl (C=O) groups is 1. The Morgan fingerprint density at radius 3 is 2.50 bits per heavy atom. The molecule has 0 aromatic carbocycles. The first-order valence-corrected chi connectivity index (χ1v) is 3.69. The molecule has 0 rings (SSSR count). The average molecular weight is 171 g/mol. The molecule has 12 heavy (non-hydrogen) atoms. The van der Waals surface area contributed by atoms with Crippen molar-refractivity contribution in [2.24, 2.45) is 0 Å². The minimum Gasteiger partial charge on any atom is -0.394 e. The lowest BCUT2D eigenvalue weighted by Crippen LogP contribution is -2.39. The molecule has 4 heteroatoms. The molecule has 0 fully saturated rings. The van der Waals surface area contributed by atoms with Gasteiger partial charge in [0.25, 0.3) is 0 Å². The van der Waals surface area contributed by atoms with Gasteiger partial charge in [0, 0.05) is 12.8 Å². The van der Waals surface area contributed by atoms with E-state index in [4.69, 9.17) is 16.6 Å². The second kappa shape index (κ2) is 6.65. The zero-order chi connectivity index (χ0) is 9.40. The van der Waals surface area contributed by atoms with Crippen LogP contribution in [-0.2, 0) is 4.79 Å². The van der Waals surface area contributed by atoms with Crippen LogP contribution in [0.4, 0.5) is 0 Å². The molecule has 0 atom stereocenters. The predicted octanol–water partition coefficient (Wildman–Crippen LogP) is -1.13. The Morgan fingerprint density at radius 2 is 2.08 bits per heavy atom.